The minimum atomic E-state index is -0.755. The Labute approximate surface area is 159 Å². The summed E-state index contributed by atoms with van der Waals surface area (Å²) < 4.78 is 5.90. The van der Waals surface area contributed by atoms with Crippen LogP contribution in [-0.4, -0.2) is 46.9 Å². The highest BCUT2D eigenvalue weighted by Crippen LogP contribution is 2.38. The average molecular weight is 417 g/mol. The second kappa shape index (κ2) is 7.80. The van der Waals surface area contributed by atoms with Crippen molar-refractivity contribution in [2.75, 3.05) is 20.3 Å². The number of carbonyl (C=O) groups excluding carboxylic acids is 2. The van der Waals surface area contributed by atoms with Crippen LogP contribution in [0.25, 0.3) is 5.76 Å². The fourth-order valence-electron chi connectivity index (χ4n) is 2.91. The Hall–Kier alpha value is -2.51. The van der Waals surface area contributed by atoms with Gasteiger partial charge in [-0.3, -0.25) is 14.6 Å². The zero-order chi connectivity index (χ0) is 18.7. The van der Waals surface area contributed by atoms with Crippen LogP contribution in [0.2, 0.25) is 0 Å². The average Bonchev–Trinajstić information content (AvgIpc) is 2.91. The molecule has 2 aromatic rings. The van der Waals surface area contributed by atoms with Crippen LogP contribution in [0.4, 0.5) is 0 Å². The lowest BCUT2D eigenvalue weighted by molar-refractivity contribution is -0.140. The van der Waals surface area contributed by atoms with Crippen LogP contribution in [0.5, 0.6) is 0 Å². The number of ether oxygens (including phenoxy) is 1. The van der Waals surface area contributed by atoms with Crippen LogP contribution >= 0.6 is 15.9 Å². The Morgan fingerprint density at radius 2 is 1.96 bits per heavy atom. The molecular formula is C19H17BrN2O4. The number of methoxy groups -OCH3 is 1. The van der Waals surface area contributed by atoms with Gasteiger partial charge in [0.25, 0.3) is 11.7 Å². The number of likely N-dealkylation sites (tertiary alicyclic amines) is 1. The number of aliphatic hydroxyl groups is 1. The van der Waals surface area contributed by atoms with E-state index in [-0.39, 0.29) is 24.5 Å². The van der Waals surface area contributed by atoms with Crippen molar-refractivity contribution >= 4 is 33.4 Å². The maximum absolute atomic E-state index is 12.7. The molecule has 0 aliphatic carbocycles. The molecule has 1 atom stereocenters. The first-order valence-electron chi connectivity index (χ1n) is 7.98. The summed E-state index contributed by atoms with van der Waals surface area (Å²) in [6.07, 6.45) is 1.59. The van der Waals surface area contributed by atoms with Crippen LogP contribution < -0.4 is 0 Å². The Morgan fingerprint density at radius 1 is 1.23 bits per heavy atom. The minimum absolute atomic E-state index is 0.0344. The van der Waals surface area contributed by atoms with E-state index in [0.717, 1.165) is 4.47 Å². The van der Waals surface area contributed by atoms with Gasteiger partial charge in [0.2, 0.25) is 0 Å². The number of pyridine rings is 1. The van der Waals surface area contributed by atoms with E-state index in [9.17, 15) is 14.7 Å². The van der Waals surface area contributed by atoms with Gasteiger partial charge in [0, 0.05) is 29.9 Å². The summed E-state index contributed by atoms with van der Waals surface area (Å²) >= 11 is 3.34. The molecule has 1 aromatic heterocycles. The van der Waals surface area contributed by atoms with Gasteiger partial charge in [0.05, 0.1) is 17.9 Å². The summed E-state index contributed by atoms with van der Waals surface area (Å²) in [6.45, 7) is 0.494. The summed E-state index contributed by atoms with van der Waals surface area (Å²) in [5.74, 6) is -1.61. The van der Waals surface area contributed by atoms with Crippen LogP contribution in [0, 0.1) is 0 Å². The molecule has 1 unspecified atom stereocenters. The molecule has 1 saturated heterocycles. The highest BCUT2D eigenvalue weighted by atomic mass is 79.9. The first-order chi connectivity index (χ1) is 12.5. The van der Waals surface area contributed by atoms with Gasteiger partial charge in [0.1, 0.15) is 11.8 Å². The van der Waals surface area contributed by atoms with E-state index >= 15 is 0 Å². The lowest BCUT2D eigenvalue weighted by Crippen LogP contribution is -2.33. The van der Waals surface area contributed by atoms with E-state index < -0.39 is 17.7 Å². The standard InChI is InChI=1S/C19H17BrN2O4/c1-26-11-10-22-16(14-4-2-3-9-21-14)15(18(24)19(22)25)17(23)12-5-7-13(20)8-6-12/h2-9,16,23H,10-11H2,1H3/b17-15-. The van der Waals surface area contributed by atoms with Crippen molar-refractivity contribution in [2.45, 2.75) is 6.04 Å². The van der Waals surface area contributed by atoms with E-state index in [1.807, 2.05) is 0 Å². The van der Waals surface area contributed by atoms with E-state index in [1.54, 1.807) is 48.7 Å². The normalized spacial score (nSPS) is 19.2. The first-order valence-corrected chi connectivity index (χ1v) is 8.78. The summed E-state index contributed by atoms with van der Waals surface area (Å²) in [5.41, 5.74) is 1.01. The molecule has 26 heavy (non-hydrogen) atoms. The van der Waals surface area contributed by atoms with Crippen molar-refractivity contribution in [3.05, 3.63) is 70.0 Å². The van der Waals surface area contributed by atoms with Crippen molar-refractivity contribution < 1.29 is 19.4 Å². The summed E-state index contributed by atoms with van der Waals surface area (Å²) in [6, 6.07) is 11.4. The number of hydrogen-bond donors (Lipinski definition) is 1. The van der Waals surface area contributed by atoms with Gasteiger partial charge in [-0.15, -0.1) is 0 Å². The molecule has 6 nitrogen and oxygen atoms in total. The van der Waals surface area contributed by atoms with Gasteiger partial charge < -0.3 is 14.7 Å². The molecule has 134 valence electrons. The fourth-order valence-corrected chi connectivity index (χ4v) is 3.17. The highest BCUT2D eigenvalue weighted by Gasteiger charge is 2.46. The molecule has 3 rings (SSSR count). The largest absolute Gasteiger partial charge is 0.507 e. The van der Waals surface area contributed by atoms with E-state index in [4.69, 9.17) is 4.74 Å². The topological polar surface area (TPSA) is 79.7 Å². The number of ketones is 1. The Kier molecular flexibility index (Phi) is 5.49. The molecule has 1 amide bonds. The lowest BCUT2D eigenvalue weighted by Gasteiger charge is -2.24. The number of Topliss-reactive ketones (excluding diaryl/α,β-unsaturated/α-hetero) is 1. The second-order valence-electron chi connectivity index (χ2n) is 5.75. The number of carbonyl (C=O) groups is 2. The van der Waals surface area contributed by atoms with Crippen molar-refractivity contribution in [2.24, 2.45) is 0 Å². The zero-order valence-electron chi connectivity index (χ0n) is 14.1. The molecule has 1 fully saturated rings. The number of benzene rings is 1. The maximum Gasteiger partial charge on any atom is 0.295 e. The van der Waals surface area contributed by atoms with Gasteiger partial charge in [0.15, 0.2) is 0 Å². The maximum atomic E-state index is 12.7. The van der Waals surface area contributed by atoms with E-state index in [0.29, 0.717) is 11.3 Å². The van der Waals surface area contributed by atoms with Gasteiger partial charge in [-0.1, -0.05) is 34.1 Å². The van der Waals surface area contributed by atoms with E-state index in [2.05, 4.69) is 20.9 Å². The molecule has 1 aliphatic rings. The number of aliphatic hydroxyl groups excluding tert-OH is 1. The predicted octanol–water partition coefficient (Wildman–Crippen LogP) is 2.91. The van der Waals surface area contributed by atoms with Gasteiger partial charge >= 0.3 is 0 Å². The molecule has 0 radical (unpaired) electrons. The summed E-state index contributed by atoms with van der Waals surface area (Å²) in [5, 5.41) is 10.8. The van der Waals surface area contributed by atoms with Gasteiger partial charge in [-0.05, 0) is 24.3 Å². The third-order valence-electron chi connectivity index (χ3n) is 4.16. The molecule has 1 aliphatic heterocycles. The number of halogens is 1. The van der Waals surface area contributed by atoms with Crippen LogP contribution in [0.3, 0.4) is 0 Å². The zero-order valence-corrected chi connectivity index (χ0v) is 15.6. The molecule has 0 saturated carbocycles. The van der Waals surface area contributed by atoms with Gasteiger partial charge in [-0.25, -0.2) is 0 Å². The van der Waals surface area contributed by atoms with Crippen molar-refractivity contribution in [1.29, 1.82) is 0 Å². The molecule has 7 heteroatoms. The van der Waals surface area contributed by atoms with Crippen molar-refractivity contribution in [3.8, 4) is 0 Å². The quantitative estimate of drug-likeness (QED) is 0.460. The molecule has 2 heterocycles. The number of hydrogen-bond acceptors (Lipinski definition) is 5. The molecule has 0 spiro atoms. The van der Waals surface area contributed by atoms with Crippen molar-refractivity contribution in [1.82, 2.24) is 9.88 Å². The number of amides is 1. The molecular weight excluding hydrogens is 400 g/mol. The Morgan fingerprint density at radius 3 is 2.58 bits per heavy atom. The summed E-state index contributed by atoms with van der Waals surface area (Å²) in [7, 11) is 1.52. The van der Waals surface area contributed by atoms with Crippen LogP contribution in [0.1, 0.15) is 17.3 Å². The lowest BCUT2D eigenvalue weighted by atomic mass is 9.98. The minimum Gasteiger partial charge on any atom is -0.507 e. The first kappa shape index (κ1) is 18.3. The molecule has 1 N–H and O–H groups in total. The predicted molar refractivity (Wildman–Crippen MR) is 99.3 cm³/mol. The van der Waals surface area contributed by atoms with Crippen molar-refractivity contribution in [3.63, 3.8) is 0 Å². The Balaban J connectivity index is 2.14. The fraction of sp³-hybridized carbons (Fsp3) is 0.211. The molecule has 0 bridgehead atoms. The van der Waals surface area contributed by atoms with Gasteiger partial charge in [-0.2, -0.15) is 0 Å². The van der Waals surface area contributed by atoms with E-state index in [1.165, 1.54) is 12.0 Å². The smallest absolute Gasteiger partial charge is 0.295 e. The third kappa shape index (κ3) is 3.40. The monoisotopic (exact) mass is 416 g/mol. The number of aromatic nitrogens is 1. The SMILES string of the molecule is COCCN1C(=O)C(=O)/C(=C(\O)c2ccc(Br)cc2)C1c1ccccn1. The number of nitrogens with zero attached hydrogens (tertiary/aromatic N) is 2. The summed E-state index contributed by atoms with van der Waals surface area (Å²) in [4.78, 5) is 30.9. The Bertz CT molecular complexity index is 850. The third-order valence-corrected chi connectivity index (χ3v) is 4.69. The second-order valence-corrected chi connectivity index (χ2v) is 6.66. The highest BCUT2D eigenvalue weighted by molar-refractivity contribution is 9.10. The molecule has 1 aromatic carbocycles. The van der Waals surface area contributed by atoms with Crippen LogP contribution in [0.15, 0.2) is 58.7 Å². The number of rotatable bonds is 5. The van der Waals surface area contributed by atoms with Crippen LogP contribution in [-0.2, 0) is 14.3 Å².